The van der Waals surface area contributed by atoms with Crippen molar-refractivity contribution in [1.82, 2.24) is 5.32 Å². The molecule has 0 rings (SSSR count). The Morgan fingerprint density at radius 1 is 1.78 bits per heavy atom. The van der Waals surface area contributed by atoms with Crippen molar-refractivity contribution in [2.24, 2.45) is 0 Å². The summed E-state index contributed by atoms with van der Waals surface area (Å²) in [5.74, 6) is 0. The predicted octanol–water partition coefficient (Wildman–Crippen LogP) is -2.01. The van der Waals surface area contributed by atoms with Gasteiger partial charge in [0.15, 0.2) is 0 Å². The standard InChI is InChI=1S/C5H9NS2.Na/c1-2-3-4-6-5(7)8;/h2H,1,3-4H2,(H2,6,7,8);/q;+1/p-1. The predicted molar refractivity (Wildman–Crippen MR) is 42.8 cm³/mol. The van der Waals surface area contributed by atoms with Crippen molar-refractivity contribution in [2.75, 3.05) is 6.54 Å². The van der Waals surface area contributed by atoms with Crippen LogP contribution in [0.1, 0.15) is 6.42 Å². The summed E-state index contributed by atoms with van der Waals surface area (Å²) in [6.07, 6.45) is 2.73. The summed E-state index contributed by atoms with van der Waals surface area (Å²) in [7, 11) is 0. The average molecular weight is 169 g/mol. The Hall–Kier alpha value is 0.850. The minimum Gasteiger partial charge on any atom is -0.412 e. The molecule has 0 aliphatic rings. The number of rotatable bonds is 3. The summed E-state index contributed by atoms with van der Waals surface area (Å²) >= 11 is 9.16. The summed E-state index contributed by atoms with van der Waals surface area (Å²) in [5.41, 5.74) is 0. The van der Waals surface area contributed by atoms with Gasteiger partial charge in [0, 0.05) is 6.54 Å². The topological polar surface area (TPSA) is 12.0 Å². The Bertz CT molecular complexity index is 95.0. The second kappa shape index (κ2) is 8.85. The van der Waals surface area contributed by atoms with Crippen molar-refractivity contribution in [3.8, 4) is 0 Å². The van der Waals surface area contributed by atoms with Crippen molar-refractivity contribution in [3.63, 3.8) is 0 Å². The second-order valence-electron chi connectivity index (χ2n) is 1.29. The average Bonchev–Trinajstić information content (AvgIpc) is 1.66. The Morgan fingerprint density at radius 2 is 2.33 bits per heavy atom. The molecule has 0 atom stereocenters. The molecule has 0 fully saturated rings. The van der Waals surface area contributed by atoms with E-state index in [1.54, 1.807) is 0 Å². The minimum absolute atomic E-state index is 0. The van der Waals surface area contributed by atoms with Gasteiger partial charge >= 0.3 is 29.6 Å². The molecule has 0 radical (unpaired) electrons. The molecule has 0 aromatic heterocycles. The molecule has 1 nitrogen and oxygen atoms in total. The van der Waals surface area contributed by atoms with Crippen molar-refractivity contribution in [1.29, 1.82) is 0 Å². The summed E-state index contributed by atoms with van der Waals surface area (Å²) in [6, 6.07) is 0. The molecule has 0 aliphatic carbocycles. The monoisotopic (exact) mass is 169 g/mol. The summed E-state index contributed by atoms with van der Waals surface area (Å²) in [5, 5.41) is 2.82. The van der Waals surface area contributed by atoms with Crippen molar-refractivity contribution < 1.29 is 29.6 Å². The van der Waals surface area contributed by atoms with Crippen LogP contribution in [0.25, 0.3) is 0 Å². The Balaban J connectivity index is 0. The smallest absolute Gasteiger partial charge is 0.412 e. The molecule has 4 heteroatoms. The molecule has 9 heavy (non-hydrogen) atoms. The Labute approximate surface area is 89.0 Å². The maximum Gasteiger partial charge on any atom is 1.00 e. The van der Waals surface area contributed by atoms with Crippen molar-refractivity contribution in [3.05, 3.63) is 12.7 Å². The molecule has 46 valence electrons. The van der Waals surface area contributed by atoms with Crippen molar-refractivity contribution in [2.45, 2.75) is 6.42 Å². The third-order valence-electron chi connectivity index (χ3n) is 0.618. The van der Waals surface area contributed by atoms with Crippen LogP contribution >= 0.6 is 12.2 Å². The van der Waals surface area contributed by atoms with Crippen LogP contribution in [0.2, 0.25) is 0 Å². The normalized spacial score (nSPS) is 7.11. The Kier molecular flexibility index (Phi) is 12.3. The first-order valence-corrected chi connectivity index (χ1v) is 3.14. The van der Waals surface area contributed by atoms with Gasteiger partial charge in [-0.3, -0.25) is 0 Å². The molecule has 0 heterocycles. The van der Waals surface area contributed by atoms with Gasteiger partial charge in [0.2, 0.25) is 0 Å². The van der Waals surface area contributed by atoms with E-state index in [9.17, 15) is 0 Å². The van der Waals surface area contributed by atoms with E-state index in [0.29, 0.717) is 4.32 Å². The SMILES string of the molecule is C=CCCNC(=S)[S-].[Na+]. The molecule has 1 N–H and O–H groups in total. The van der Waals surface area contributed by atoms with Gasteiger partial charge in [-0.15, -0.1) is 6.58 Å². The van der Waals surface area contributed by atoms with Crippen LogP contribution in [-0.2, 0) is 12.6 Å². The van der Waals surface area contributed by atoms with Gasteiger partial charge in [0.25, 0.3) is 0 Å². The van der Waals surface area contributed by atoms with E-state index in [0.717, 1.165) is 13.0 Å². The van der Waals surface area contributed by atoms with Gasteiger partial charge in [-0.25, -0.2) is 0 Å². The molecule has 0 saturated carbocycles. The van der Waals surface area contributed by atoms with E-state index in [4.69, 9.17) is 0 Å². The second-order valence-corrected chi connectivity index (χ2v) is 2.37. The number of nitrogens with one attached hydrogen (secondary N) is 1. The van der Waals surface area contributed by atoms with Crippen LogP contribution in [0.4, 0.5) is 0 Å². The van der Waals surface area contributed by atoms with Gasteiger partial charge in [0.05, 0.1) is 0 Å². The first-order chi connectivity index (χ1) is 3.77. The summed E-state index contributed by atoms with van der Waals surface area (Å²) in [4.78, 5) is 0. The van der Waals surface area contributed by atoms with Gasteiger partial charge in [-0.2, -0.15) is 0 Å². The van der Waals surface area contributed by atoms with Crippen LogP contribution in [0.3, 0.4) is 0 Å². The molecule has 0 aromatic carbocycles. The fourth-order valence-electron chi connectivity index (χ4n) is 0.276. The molecule has 0 aromatic rings. The molecule has 0 saturated heterocycles. The van der Waals surface area contributed by atoms with Crippen LogP contribution in [0, 0.1) is 0 Å². The molecular weight excluding hydrogens is 161 g/mol. The van der Waals surface area contributed by atoms with E-state index >= 15 is 0 Å². The number of hydrogen-bond donors (Lipinski definition) is 1. The van der Waals surface area contributed by atoms with E-state index in [1.807, 2.05) is 6.08 Å². The van der Waals surface area contributed by atoms with Crippen LogP contribution < -0.4 is 34.9 Å². The summed E-state index contributed by atoms with van der Waals surface area (Å²) < 4.78 is 0.437. The number of hydrogen-bond acceptors (Lipinski definition) is 2. The fraction of sp³-hybridized carbons (Fsp3) is 0.400. The zero-order chi connectivity index (χ0) is 6.41. The molecule has 0 spiro atoms. The quantitative estimate of drug-likeness (QED) is 0.172. The fourth-order valence-corrected chi connectivity index (χ4v) is 0.480. The third kappa shape index (κ3) is 12.1. The van der Waals surface area contributed by atoms with E-state index in [2.05, 4.69) is 36.7 Å². The van der Waals surface area contributed by atoms with Crippen LogP contribution in [0.5, 0.6) is 0 Å². The molecule has 0 amide bonds. The molecular formula is C5H8NNaS2. The van der Waals surface area contributed by atoms with Gasteiger partial charge in [-0.05, 0) is 6.42 Å². The van der Waals surface area contributed by atoms with E-state index < -0.39 is 0 Å². The van der Waals surface area contributed by atoms with Crippen LogP contribution in [0.15, 0.2) is 12.7 Å². The van der Waals surface area contributed by atoms with Crippen molar-refractivity contribution >= 4 is 29.2 Å². The maximum atomic E-state index is 4.58. The maximum absolute atomic E-state index is 4.58. The number of thiocarbonyl (C=S) groups is 1. The van der Waals surface area contributed by atoms with Gasteiger partial charge in [0.1, 0.15) is 0 Å². The molecule has 0 aliphatic heterocycles. The molecule has 0 unspecified atom stereocenters. The zero-order valence-electron chi connectivity index (χ0n) is 5.52. The zero-order valence-corrected chi connectivity index (χ0v) is 9.15. The minimum atomic E-state index is 0. The van der Waals surface area contributed by atoms with Crippen LogP contribution in [-0.4, -0.2) is 10.9 Å². The molecule has 0 bridgehead atoms. The Morgan fingerprint density at radius 3 is 2.67 bits per heavy atom. The van der Waals surface area contributed by atoms with Gasteiger partial charge < -0.3 is 30.2 Å². The first kappa shape index (κ1) is 12.5. The summed E-state index contributed by atoms with van der Waals surface area (Å²) in [6.45, 7) is 4.35. The largest absolute Gasteiger partial charge is 1.00 e. The van der Waals surface area contributed by atoms with Gasteiger partial charge in [-0.1, -0.05) is 10.4 Å². The van der Waals surface area contributed by atoms with E-state index in [-0.39, 0.29) is 29.6 Å². The third-order valence-corrected chi connectivity index (χ3v) is 0.906. The first-order valence-electron chi connectivity index (χ1n) is 2.33. The van der Waals surface area contributed by atoms with E-state index in [1.165, 1.54) is 0 Å².